The zero-order valence-corrected chi connectivity index (χ0v) is 10.0. The number of rotatable bonds is 4. The maximum absolute atomic E-state index is 5.88. The SMILES string of the molecule is Cc1ccc(N)c(NCC(C)N(C)C)c1. The fourth-order valence-electron chi connectivity index (χ4n) is 1.26. The summed E-state index contributed by atoms with van der Waals surface area (Å²) < 4.78 is 0. The van der Waals surface area contributed by atoms with Crippen molar-refractivity contribution >= 4 is 11.4 Å². The molecule has 0 amide bonds. The molecule has 0 heterocycles. The van der Waals surface area contributed by atoms with E-state index < -0.39 is 0 Å². The van der Waals surface area contributed by atoms with Gasteiger partial charge in [-0.25, -0.2) is 0 Å². The predicted octanol–water partition coefficient (Wildman–Crippen LogP) is 1.94. The summed E-state index contributed by atoms with van der Waals surface area (Å²) in [7, 11) is 4.15. The number of benzene rings is 1. The molecule has 1 aromatic rings. The molecule has 0 aliphatic rings. The van der Waals surface area contributed by atoms with Gasteiger partial charge >= 0.3 is 0 Å². The molecular formula is C12H21N3. The third-order valence-electron chi connectivity index (χ3n) is 2.68. The van der Waals surface area contributed by atoms with Crippen LogP contribution in [0.4, 0.5) is 11.4 Å². The minimum Gasteiger partial charge on any atom is -0.397 e. The Morgan fingerprint density at radius 3 is 2.67 bits per heavy atom. The van der Waals surface area contributed by atoms with Crippen LogP contribution >= 0.6 is 0 Å². The number of anilines is 2. The van der Waals surface area contributed by atoms with Gasteiger partial charge in [-0.2, -0.15) is 0 Å². The first kappa shape index (κ1) is 11.9. The van der Waals surface area contributed by atoms with Crippen LogP contribution in [-0.4, -0.2) is 31.6 Å². The van der Waals surface area contributed by atoms with Gasteiger partial charge in [-0.05, 0) is 45.6 Å². The van der Waals surface area contributed by atoms with Crippen molar-refractivity contribution < 1.29 is 0 Å². The van der Waals surface area contributed by atoms with Crippen molar-refractivity contribution in [3.05, 3.63) is 23.8 Å². The van der Waals surface area contributed by atoms with Crippen molar-refractivity contribution in [3.8, 4) is 0 Å². The summed E-state index contributed by atoms with van der Waals surface area (Å²) in [6.45, 7) is 5.15. The van der Waals surface area contributed by atoms with Crippen LogP contribution in [0.1, 0.15) is 12.5 Å². The Labute approximate surface area is 92.3 Å². The van der Waals surface area contributed by atoms with Gasteiger partial charge in [-0.15, -0.1) is 0 Å². The fraction of sp³-hybridized carbons (Fsp3) is 0.500. The van der Waals surface area contributed by atoms with Crippen molar-refractivity contribution in [1.29, 1.82) is 0 Å². The minimum atomic E-state index is 0.491. The van der Waals surface area contributed by atoms with Crippen LogP contribution in [-0.2, 0) is 0 Å². The van der Waals surface area contributed by atoms with Crippen LogP contribution in [0.5, 0.6) is 0 Å². The number of hydrogen-bond acceptors (Lipinski definition) is 3. The van der Waals surface area contributed by atoms with Gasteiger partial charge in [0.05, 0.1) is 11.4 Å². The largest absolute Gasteiger partial charge is 0.397 e. The Bertz CT molecular complexity index is 321. The van der Waals surface area contributed by atoms with Crippen LogP contribution in [0.15, 0.2) is 18.2 Å². The number of nitrogen functional groups attached to an aromatic ring is 1. The van der Waals surface area contributed by atoms with Gasteiger partial charge < -0.3 is 16.0 Å². The van der Waals surface area contributed by atoms with E-state index in [0.717, 1.165) is 17.9 Å². The summed E-state index contributed by atoms with van der Waals surface area (Å²) in [6.07, 6.45) is 0. The first-order valence-electron chi connectivity index (χ1n) is 5.27. The molecule has 1 rings (SSSR count). The van der Waals surface area contributed by atoms with Crippen molar-refractivity contribution in [1.82, 2.24) is 4.90 Å². The van der Waals surface area contributed by atoms with Crippen LogP contribution in [0.3, 0.4) is 0 Å². The Morgan fingerprint density at radius 2 is 2.07 bits per heavy atom. The lowest BCUT2D eigenvalue weighted by Crippen LogP contribution is -2.31. The first-order chi connectivity index (χ1) is 7.00. The Balaban J connectivity index is 2.61. The number of likely N-dealkylation sites (N-methyl/N-ethyl adjacent to an activating group) is 1. The highest BCUT2D eigenvalue weighted by Gasteiger charge is 2.05. The zero-order chi connectivity index (χ0) is 11.4. The van der Waals surface area contributed by atoms with E-state index in [1.807, 2.05) is 12.1 Å². The van der Waals surface area contributed by atoms with E-state index in [-0.39, 0.29) is 0 Å². The maximum Gasteiger partial charge on any atom is 0.0577 e. The van der Waals surface area contributed by atoms with Gasteiger partial charge in [0, 0.05) is 12.6 Å². The summed E-state index contributed by atoms with van der Waals surface area (Å²) in [5, 5.41) is 3.37. The molecular weight excluding hydrogens is 186 g/mol. The molecule has 1 atom stereocenters. The van der Waals surface area contributed by atoms with E-state index in [1.54, 1.807) is 0 Å². The van der Waals surface area contributed by atoms with Crippen LogP contribution < -0.4 is 11.1 Å². The lowest BCUT2D eigenvalue weighted by molar-refractivity contribution is 0.326. The van der Waals surface area contributed by atoms with Crippen molar-refractivity contribution in [3.63, 3.8) is 0 Å². The summed E-state index contributed by atoms with van der Waals surface area (Å²) in [4.78, 5) is 2.18. The number of nitrogens with zero attached hydrogens (tertiary/aromatic N) is 1. The minimum absolute atomic E-state index is 0.491. The lowest BCUT2D eigenvalue weighted by atomic mass is 10.2. The second kappa shape index (κ2) is 5.03. The highest BCUT2D eigenvalue weighted by atomic mass is 15.1. The number of nitrogens with two attached hydrogens (primary N) is 1. The molecule has 3 nitrogen and oxygen atoms in total. The molecule has 0 bridgehead atoms. The zero-order valence-electron chi connectivity index (χ0n) is 10.0. The summed E-state index contributed by atoms with van der Waals surface area (Å²) >= 11 is 0. The number of nitrogens with one attached hydrogen (secondary N) is 1. The van der Waals surface area contributed by atoms with E-state index in [9.17, 15) is 0 Å². The second-order valence-corrected chi connectivity index (χ2v) is 4.28. The monoisotopic (exact) mass is 207 g/mol. The summed E-state index contributed by atoms with van der Waals surface area (Å²) in [5.41, 5.74) is 8.94. The molecule has 3 heteroatoms. The summed E-state index contributed by atoms with van der Waals surface area (Å²) in [5.74, 6) is 0. The molecule has 0 radical (unpaired) electrons. The third-order valence-corrected chi connectivity index (χ3v) is 2.68. The van der Waals surface area contributed by atoms with Crippen molar-refractivity contribution in [2.75, 3.05) is 31.7 Å². The standard InChI is InChI=1S/C12H21N3/c1-9-5-6-11(13)12(7-9)14-8-10(2)15(3)4/h5-7,10,14H,8,13H2,1-4H3. The van der Waals surface area contributed by atoms with E-state index >= 15 is 0 Å². The molecule has 3 N–H and O–H groups in total. The molecule has 0 aliphatic heterocycles. The highest BCUT2D eigenvalue weighted by molar-refractivity contribution is 5.66. The lowest BCUT2D eigenvalue weighted by Gasteiger charge is -2.21. The van der Waals surface area contributed by atoms with Gasteiger partial charge in [0.1, 0.15) is 0 Å². The second-order valence-electron chi connectivity index (χ2n) is 4.28. The molecule has 0 saturated heterocycles. The molecule has 0 aromatic heterocycles. The molecule has 1 unspecified atom stereocenters. The quantitative estimate of drug-likeness (QED) is 0.741. The Hall–Kier alpha value is -1.22. The normalized spacial score (nSPS) is 12.9. The van der Waals surface area contributed by atoms with Gasteiger partial charge in [-0.3, -0.25) is 0 Å². The molecule has 84 valence electrons. The van der Waals surface area contributed by atoms with E-state index in [0.29, 0.717) is 6.04 Å². The molecule has 15 heavy (non-hydrogen) atoms. The van der Waals surface area contributed by atoms with Gasteiger partial charge in [0.25, 0.3) is 0 Å². The van der Waals surface area contributed by atoms with E-state index in [1.165, 1.54) is 5.56 Å². The molecule has 0 saturated carbocycles. The number of hydrogen-bond donors (Lipinski definition) is 2. The average Bonchev–Trinajstić information content (AvgIpc) is 2.18. The Morgan fingerprint density at radius 1 is 1.40 bits per heavy atom. The third kappa shape index (κ3) is 3.44. The molecule has 1 aromatic carbocycles. The average molecular weight is 207 g/mol. The predicted molar refractivity (Wildman–Crippen MR) is 67.2 cm³/mol. The number of aryl methyl sites for hydroxylation is 1. The topological polar surface area (TPSA) is 41.3 Å². The van der Waals surface area contributed by atoms with E-state index in [4.69, 9.17) is 5.73 Å². The Kier molecular flexibility index (Phi) is 3.97. The van der Waals surface area contributed by atoms with Gasteiger partial charge in [0.15, 0.2) is 0 Å². The van der Waals surface area contributed by atoms with Crippen molar-refractivity contribution in [2.24, 2.45) is 0 Å². The first-order valence-corrected chi connectivity index (χ1v) is 5.27. The van der Waals surface area contributed by atoms with Gasteiger partial charge in [-0.1, -0.05) is 6.07 Å². The highest BCUT2D eigenvalue weighted by Crippen LogP contribution is 2.19. The summed E-state index contributed by atoms with van der Waals surface area (Å²) in [6, 6.07) is 6.54. The van der Waals surface area contributed by atoms with E-state index in [2.05, 4.69) is 44.2 Å². The molecule has 0 spiro atoms. The fourth-order valence-corrected chi connectivity index (χ4v) is 1.26. The van der Waals surface area contributed by atoms with Gasteiger partial charge in [0.2, 0.25) is 0 Å². The molecule has 0 aliphatic carbocycles. The molecule has 0 fully saturated rings. The van der Waals surface area contributed by atoms with Crippen LogP contribution in [0, 0.1) is 6.92 Å². The van der Waals surface area contributed by atoms with Crippen LogP contribution in [0.25, 0.3) is 0 Å². The van der Waals surface area contributed by atoms with Crippen LogP contribution in [0.2, 0.25) is 0 Å². The smallest absolute Gasteiger partial charge is 0.0577 e. The van der Waals surface area contributed by atoms with Crippen molar-refractivity contribution in [2.45, 2.75) is 19.9 Å². The maximum atomic E-state index is 5.88.